The van der Waals surface area contributed by atoms with Gasteiger partial charge in [-0.25, -0.2) is 4.98 Å². The van der Waals surface area contributed by atoms with Crippen LogP contribution in [-0.4, -0.2) is 36.1 Å². The molecular formula is C8H14N4S. The number of rotatable bonds is 2. The Labute approximate surface area is 81.8 Å². The summed E-state index contributed by atoms with van der Waals surface area (Å²) in [4.78, 5) is 6.64. The molecule has 1 aliphatic heterocycles. The van der Waals surface area contributed by atoms with Crippen molar-refractivity contribution in [2.45, 2.75) is 6.54 Å². The SMILES string of the molecule is Nc1csc(CN2CCNCC2)n1. The summed E-state index contributed by atoms with van der Waals surface area (Å²) in [5.74, 6) is 0.648. The number of hydrogen-bond acceptors (Lipinski definition) is 5. The van der Waals surface area contributed by atoms with Gasteiger partial charge in [-0.15, -0.1) is 11.3 Å². The summed E-state index contributed by atoms with van der Waals surface area (Å²) < 4.78 is 0. The van der Waals surface area contributed by atoms with Gasteiger partial charge in [-0.1, -0.05) is 0 Å². The summed E-state index contributed by atoms with van der Waals surface area (Å²) in [6, 6.07) is 0. The van der Waals surface area contributed by atoms with Crippen LogP contribution in [0.1, 0.15) is 5.01 Å². The summed E-state index contributed by atoms with van der Waals surface area (Å²) in [6.07, 6.45) is 0. The molecule has 13 heavy (non-hydrogen) atoms. The zero-order valence-corrected chi connectivity index (χ0v) is 8.31. The zero-order valence-electron chi connectivity index (χ0n) is 7.49. The Kier molecular flexibility index (Phi) is 2.77. The number of thiazole rings is 1. The molecule has 1 aromatic heterocycles. The number of piperazine rings is 1. The van der Waals surface area contributed by atoms with E-state index in [-0.39, 0.29) is 0 Å². The van der Waals surface area contributed by atoms with Crippen LogP contribution in [0.15, 0.2) is 5.38 Å². The fourth-order valence-corrected chi connectivity index (χ4v) is 2.18. The van der Waals surface area contributed by atoms with Crippen LogP contribution < -0.4 is 11.1 Å². The second kappa shape index (κ2) is 4.04. The molecule has 0 unspecified atom stereocenters. The lowest BCUT2D eigenvalue weighted by Gasteiger charge is -2.25. The van der Waals surface area contributed by atoms with Crippen molar-refractivity contribution in [2.24, 2.45) is 0 Å². The third-order valence-electron chi connectivity index (χ3n) is 2.14. The van der Waals surface area contributed by atoms with E-state index < -0.39 is 0 Å². The van der Waals surface area contributed by atoms with Gasteiger partial charge < -0.3 is 11.1 Å². The van der Waals surface area contributed by atoms with Crippen molar-refractivity contribution < 1.29 is 0 Å². The highest BCUT2D eigenvalue weighted by Gasteiger charge is 2.11. The van der Waals surface area contributed by atoms with E-state index in [2.05, 4.69) is 15.2 Å². The summed E-state index contributed by atoms with van der Waals surface area (Å²) >= 11 is 1.65. The topological polar surface area (TPSA) is 54.2 Å². The first-order valence-electron chi connectivity index (χ1n) is 4.47. The number of nitrogens with one attached hydrogen (secondary N) is 1. The molecule has 1 saturated heterocycles. The maximum Gasteiger partial charge on any atom is 0.134 e. The lowest BCUT2D eigenvalue weighted by molar-refractivity contribution is 0.233. The maximum absolute atomic E-state index is 5.55. The molecule has 4 nitrogen and oxygen atoms in total. The van der Waals surface area contributed by atoms with Crippen LogP contribution in [0.4, 0.5) is 5.82 Å². The van der Waals surface area contributed by atoms with Gasteiger partial charge in [0.05, 0.1) is 6.54 Å². The average Bonchev–Trinajstić information content (AvgIpc) is 2.53. The van der Waals surface area contributed by atoms with Crippen LogP contribution >= 0.6 is 11.3 Å². The molecule has 0 radical (unpaired) electrons. The second-order valence-corrected chi connectivity index (χ2v) is 4.13. The molecule has 0 atom stereocenters. The van der Waals surface area contributed by atoms with Crippen molar-refractivity contribution in [2.75, 3.05) is 31.9 Å². The molecule has 0 saturated carbocycles. The van der Waals surface area contributed by atoms with Gasteiger partial charge in [0, 0.05) is 31.6 Å². The molecule has 1 fully saturated rings. The van der Waals surface area contributed by atoms with Gasteiger partial charge in [-0.2, -0.15) is 0 Å². The molecule has 2 rings (SSSR count). The minimum absolute atomic E-state index is 0.648. The normalized spacial score (nSPS) is 19.1. The lowest BCUT2D eigenvalue weighted by Crippen LogP contribution is -2.42. The third-order valence-corrected chi connectivity index (χ3v) is 2.99. The molecule has 1 aliphatic rings. The van der Waals surface area contributed by atoms with Crippen LogP contribution in [0.3, 0.4) is 0 Å². The van der Waals surface area contributed by atoms with Gasteiger partial charge in [-0.05, 0) is 0 Å². The van der Waals surface area contributed by atoms with E-state index in [9.17, 15) is 0 Å². The van der Waals surface area contributed by atoms with Crippen molar-refractivity contribution >= 4 is 17.2 Å². The van der Waals surface area contributed by atoms with E-state index in [1.807, 2.05) is 5.38 Å². The minimum Gasteiger partial charge on any atom is -0.383 e. The zero-order chi connectivity index (χ0) is 9.10. The monoisotopic (exact) mass is 198 g/mol. The number of anilines is 1. The Hall–Kier alpha value is -0.650. The summed E-state index contributed by atoms with van der Waals surface area (Å²) in [7, 11) is 0. The number of aromatic nitrogens is 1. The Bertz CT molecular complexity index is 267. The summed E-state index contributed by atoms with van der Waals surface area (Å²) in [5, 5.41) is 6.35. The van der Waals surface area contributed by atoms with Crippen molar-refractivity contribution in [1.82, 2.24) is 15.2 Å². The van der Waals surface area contributed by atoms with Gasteiger partial charge in [-0.3, -0.25) is 4.90 Å². The predicted molar refractivity (Wildman–Crippen MR) is 54.7 cm³/mol. The Morgan fingerprint density at radius 3 is 2.92 bits per heavy atom. The van der Waals surface area contributed by atoms with Crippen molar-refractivity contribution in [3.63, 3.8) is 0 Å². The maximum atomic E-state index is 5.55. The Balaban J connectivity index is 1.89. The number of hydrogen-bond donors (Lipinski definition) is 2. The molecule has 5 heteroatoms. The van der Waals surface area contributed by atoms with E-state index in [0.29, 0.717) is 5.82 Å². The van der Waals surface area contributed by atoms with E-state index in [4.69, 9.17) is 5.73 Å². The molecule has 0 amide bonds. The van der Waals surface area contributed by atoms with E-state index >= 15 is 0 Å². The van der Waals surface area contributed by atoms with Crippen LogP contribution in [-0.2, 0) is 6.54 Å². The summed E-state index contributed by atoms with van der Waals surface area (Å²) in [6.45, 7) is 5.34. The Morgan fingerprint density at radius 2 is 2.31 bits per heavy atom. The van der Waals surface area contributed by atoms with Gasteiger partial charge in [0.2, 0.25) is 0 Å². The number of nitrogens with zero attached hydrogens (tertiary/aromatic N) is 2. The molecule has 1 aromatic rings. The number of nitrogens with two attached hydrogens (primary N) is 1. The van der Waals surface area contributed by atoms with Crippen molar-refractivity contribution in [3.8, 4) is 0 Å². The molecule has 3 N–H and O–H groups in total. The highest BCUT2D eigenvalue weighted by atomic mass is 32.1. The predicted octanol–water partition coefficient (Wildman–Crippen LogP) is 0.130. The highest BCUT2D eigenvalue weighted by molar-refractivity contribution is 7.09. The van der Waals surface area contributed by atoms with Crippen LogP contribution in [0.5, 0.6) is 0 Å². The minimum atomic E-state index is 0.648. The summed E-state index contributed by atoms with van der Waals surface area (Å²) in [5.41, 5.74) is 5.55. The first-order valence-corrected chi connectivity index (χ1v) is 5.35. The lowest BCUT2D eigenvalue weighted by atomic mass is 10.3. The second-order valence-electron chi connectivity index (χ2n) is 3.19. The van der Waals surface area contributed by atoms with Crippen LogP contribution in [0.25, 0.3) is 0 Å². The highest BCUT2D eigenvalue weighted by Crippen LogP contribution is 2.13. The molecule has 72 valence electrons. The van der Waals surface area contributed by atoms with Crippen LogP contribution in [0, 0.1) is 0 Å². The van der Waals surface area contributed by atoms with Gasteiger partial charge in [0.1, 0.15) is 10.8 Å². The molecule has 0 spiro atoms. The molecule has 0 aromatic carbocycles. The van der Waals surface area contributed by atoms with E-state index in [1.54, 1.807) is 11.3 Å². The molecule has 0 aliphatic carbocycles. The molecular weight excluding hydrogens is 184 g/mol. The number of nitrogen functional groups attached to an aromatic ring is 1. The smallest absolute Gasteiger partial charge is 0.134 e. The first-order chi connectivity index (χ1) is 6.34. The van der Waals surface area contributed by atoms with Gasteiger partial charge in [0.15, 0.2) is 0 Å². The molecule has 0 bridgehead atoms. The fraction of sp³-hybridized carbons (Fsp3) is 0.625. The van der Waals surface area contributed by atoms with Crippen molar-refractivity contribution in [3.05, 3.63) is 10.4 Å². The van der Waals surface area contributed by atoms with Crippen LogP contribution in [0.2, 0.25) is 0 Å². The average molecular weight is 198 g/mol. The quantitative estimate of drug-likeness (QED) is 0.709. The van der Waals surface area contributed by atoms with Crippen molar-refractivity contribution in [1.29, 1.82) is 0 Å². The first kappa shape index (κ1) is 8.93. The van der Waals surface area contributed by atoms with E-state index in [0.717, 1.165) is 37.7 Å². The fourth-order valence-electron chi connectivity index (χ4n) is 1.46. The largest absolute Gasteiger partial charge is 0.383 e. The third kappa shape index (κ3) is 2.40. The molecule has 2 heterocycles. The van der Waals surface area contributed by atoms with Gasteiger partial charge >= 0.3 is 0 Å². The Morgan fingerprint density at radius 1 is 1.54 bits per heavy atom. The van der Waals surface area contributed by atoms with E-state index in [1.165, 1.54) is 0 Å². The standard InChI is InChI=1S/C8H14N4S/c9-7-6-13-8(11-7)5-12-3-1-10-2-4-12/h6,10H,1-5,9H2. The van der Waals surface area contributed by atoms with Gasteiger partial charge in [0.25, 0.3) is 0 Å².